The van der Waals surface area contributed by atoms with Crippen LogP contribution in [0.25, 0.3) is 11.1 Å². The molecule has 1 aliphatic rings. The Hall–Kier alpha value is -1.16. The summed E-state index contributed by atoms with van der Waals surface area (Å²) in [5.74, 6) is -1.13. The average molecular weight is 247 g/mol. The number of aromatic nitrogens is 1. The zero-order chi connectivity index (χ0) is 12.0. The number of aryl methyl sites for hydroxylation is 1. The number of carboxylic acids is 1. The van der Waals surface area contributed by atoms with Gasteiger partial charge in [0.15, 0.2) is 0 Å². The van der Waals surface area contributed by atoms with Crippen molar-refractivity contribution in [1.82, 2.24) is 4.98 Å². The molecule has 0 aliphatic heterocycles. The van der Waals surface area contributed by atoms with E-state index in [1.54, 1.807) is 12.1 Å². The van der Waals surface area contributed by atoms with Crippen LogP contribution in [-0.4, -0.2) is 11.0 Å². The molecule has 3 rings (SSSR count). The molecule has 1 aromatic carbocycles. The van der Waals surface area contributed by atoms with Crippen LogP contribution in [0.3, 0.4) is 0 Å². The van der Waals surface area contributed by atoms with E-state index in [2.05, 4.69) is 4.98 Å². The minimum absolute atomic E-state index is 0. The zero-order valence-electron chi connectivity index (χ0n) is 10.4. The molecule has 0 atom stereocenters. The second-order valence-electron chi connectivity index (χ2n) is 4.33. The molecule has 0 radical (unpaired) electrons. The summed E-state index contributed by atoms with van der Waals surface area (Å²) >= 11 is 0. The summed E-state index contributed by atoms with van der Waals surface area (Å²) in [5.41, 5.74) is 5.88. The Labute approximate surface area is 127 Å². The predicted octanol–water partition coefficient (Wildman–Crippen LogP) is -1.67. The average Bonchev–Trinajstić information content (AvgIpc) is 2.67. The van der Waals surface area contributed by atoms with E-state index in [0.717, 1.165) is 28.7 Å². The zero-order valence-corrected chi connectivity index (χ0v) is 12.4. The smallest absolute Gasteiger partial charge is 0.545 e. The first-order valence-corrected chi connectivity index (χ1v) is 5.45. The third kappa shape index (κ3) is 1.99. The van der Waals surface area contributed by atoms with Gasteiger partial charge in [0, 0.05) is 18.8 Å². The first-order chi connectivity index (χ1) is 8.16. The second kappa shape index (κ2) is 4.84. The van der Waals surface area contributed by atoms with Crippen molar-refractivity contribution in [3.05, 3.63) is 52.8 Å². The van der Waals surface area contributed by atoms with Crippen LogP contribution in [0.15, 0.2) is 30.6 Å². The van der Waals surface area contributed by atoms with E-state index in [-0.39, 0.29) is 35.1 Å². The fourth-order valence-corrected chi connectivity index (χ4v) is 2.46. The van der Waals surface area contributed by atoms with Crippen molar-refractivity contribution in [2.45, 2.75) is 13.3 Å². The first-order valence-electron chi connectivity index (χ1n) is 5.45. The Morgan fingerprint density at radius 3 is 2.78 bits per heavy atom. The van der Waals surface area contributed by atoms with E-state index in [0.29, 0.717) is 0 Å². The minimum Gasteiger partial charge on any atom is -0.545 e. The molecule has 1 aliphatic carbocycles. The second-order valence-corrected chi connectivity index (χ2v) is 4.33. The van der Waals surface area contributed by atoms with Gasteiger partial charge in [-0.2, -0.15) is 0 Å². The molecule has 84 valence electrons. The van der Waals surface area contributed by atoms with Crippen molar-refractivity contribution in [2.24, 2.45) is 0 Å². The van der Waals surface area contributed by atoms with Gasteiger partial charge in [-0.3, -0.25) is 4.98 Å². The number of nitrogens with zero attached hydrogens (tertiary/aromatic N) is 1. The van der Waals surface area contributed by atoms with Crippen LogP contribution in [0.1, 0.15) is 27.0 Å². The van der Waals surface area contributed by atoms with Gasteiger partial charge in [0.2, 0.25) is 0 Å². The van der Waals surface area contributed by atoms with Gasteiger partial charge < -0.3 is 9.90 Å². The molecule has 0 amide bonds. The van der Waals surface area contributed by atoms with Gasteiger partial charge in [0.1, 0.15) is 0 Å². The van der Waals surface area contributed by atoms with Gasteiger partial charge in [-0.1, -0.05) is 12.1 Å². The Morgan fingerprint density at radius 2 is 2.06 bits per heavy atom. The maximum atomic E-state index is 10.8. The Bertz CT molecular complexity index is 638. The number of carbonyl (C=O) groups is 1. The van der Waals surface area contributed by atoms with Gasteiger partial charge in [-0.15, -0.1) is 0 Å². The van der Waals surface area contributed by atoms with E-state index in [9.17, 15) is 9.90 Å². The van der Waals surface area contributed by atoms with Crippen molar-refractivity contribution in [3.63, 3.8) is 0 Å². The Morgan fingerprint density at radius 1 is 1.28 bits per heavy atom. The molecule has 1 heterocycles. The summed E-state index contributed by atoms with van der Waals surface area (Å²) in [6.45, 7) is 2.02. The van der Waals surface area contributed by atoms with Gasteiger partial charge in [0.25, 0.3) is 0 Å². The van der Waals surface area contributed by atoms with Gasteiger partial charge >= 0.3 is 29.6 Å². The molecule has 0 bridgehead atoms. The normalized spacial score (nSPS) is 11.4. The summed E-state index contributed by atoms with van der Waals surface area (Å²) < 4.78 is 0. The molecule has 0 saturated heterocycles. The number of hydrogen-bond acceptors (Lipinski definition) is 3. The fourth-order valence-electron chi connectivity index (χ4n) is 2.46. The topological polar surface area (TPSA) is 53.0 Å². The summed E-state index contributed by atoms with van der Waals surface area (Å²) in [5, 5.41) is 10.8. The van der Waals surface area contributed by atoms with E-state index in [4.69, 9.17) is 0 Å². The van der Waals surface area contributed by atoms with Crippen molar-refractivity contribution < 1.29 is 39.5 Å². The maximum Gasteiger partial charge on any atom is 1.00 e. The molecular weight excluding hydrogens is 237 g/mol. The largest absolute Gasteiger partial charge is 1.00 e. The SMILES string of the molecule is Cc1cncc2c1-c1ccc(C(=O)[O-])cc1C2.[Na+]. The molecule has 2 aromatic rings. The molecule has 4 heteroatoms. The molecule has 1 aromatic heterocycles. The van der Waals surface area contributed by atoms with Crippen LogP contribution in [0, 0.1) is 6.92 Å². The van der Waals surface area contributed by atoms with E-state index in [1.807, 2.05) is 25.4 Å². The number of pyridine rings is 1. The standard InChI is InChI=1S/C14H11NO2.Na/c1-8-6-15-7-11-5-10-4-9(14(16)17)2-3-12(10)13(8)11;/h2-4,6-7H,5H2,1H3,(H,16,17);/q;+1/p-1. The summed E-state index contributed by atoms with van der Waals surface area (Å²) in [6, 6.07) is 5.16. The van der Waals surface area contributed by atoms with Crippen molar-refractivity contribution in [3.8, 4) is 11.1 Å². The van der Waals surface area contributed by atoms with Crippen molar-refractivity contribution in [1.29, 1.82) is 0 Å². The molecule has 18 heavy (non-hydrogen) atoms. The molecule has 0 unspecified atom stereocenters. The number of aromatic carboxylic acids is 1. The van der Waals surface area contributed by atoms with Crippen LogP contribution < -0.4 is 34.7 Å². The van der Waals surface area contributed by atoms with Gasteiger partial charge in [0.05, 0.1) is 5.97 Å². The number of rotatable bonds is 1. The van der Waals surface area contributed by atoms with Crippen LogP contribution >= 0.6 is 0 Å². The summed E-state index contributed by atoms with van der Waals surface area (Å²) in [7, 11) is 0. The number of hydrogen-bond donors (Lipinski definition) is 0. The molecule has 3 nitrogen and oxygen atoms in total. The Balaban J connectivity index is 0.00000120. The van der Waals surface area contributed by atoms with Crippen LogP contribution in [0.5, 0.6) is 0 Å². The van der Waals surface area contributed by atoms with Crippen molar-refractivity contribution >= 4 is 5.97 Å². The third-order valence-electron chi connectivity index (χ3n) is 3.21. The predicted molar refractivity (Wildman–Crippen MR) is 61.5 cm³/mol. The molecule has 0 spiro atoms. The maximum absolute atomic E-state index is 10.8. The number of fused-ring (bicyclic) bond motifs is 3. The van der Waals surface area contributed by atoms with E-state index < -0.39 is 5.97 Å². The molecule has 0 fully saturated rings. The van der Waals surface area contributed by atoms with Crippen LogP contribution in [0.2, 0.25) is 0 Å². The third-order valence-corrected chi connectivity index (χ3v) is 3.21. The molecule has 0 N–H and O–H groups in total. The van der Waals surface area contributed by atoms with Gasteiger partial charge in [-0.25, -0.2) is 0 Å². The summed E-state index contributed by atoms with van der Waals surface area (Å²) in [4.78, 5) is 15.0. The van der Waals surface area contributed by atoms with E-state index >= 15 is 0 Å². The number of carbonyl (C=O) groups excluding carboxylic acids is 1. The van der Waals surface area contributed by atoms with Gasteiger partial charge in [-0.05, 0) is 46.4 Å². The first kappa shape index (κ1) is 13.3. The number of carboxylic acid groups (broad SMARTS) is 1. The minimum atomic E-state index is -1.13. The van der Waals surface area contributed by atoms with Crippen LogP contribution in [0.4, 0.5) is 0 Å². The molecular formula is C14H10NNaO2. The van der Waals surface area contributed by atoms with Crippen LogP contribution in [-0.2, 0) is 6.42 Å². The fraction of sp³-hybridized carbons (Fsp3) is 0.143. The molecule has 0 saturated carbocycles. The monoisotopic (exact) mass is 247 g/mol. The van der Waals surface area contributed by atoms with E-state index in [1.165, 1.54) is 5.56 Å². The van der Waals surface area contributed by atoms with Crippen molar-refractivity contribution in [2.75, 3.05) is 0 Å². The number of benzene rings is 1. The quantitative estimate of drug-likeness (QED) is 0.483. The summed E-state index contributed by atoms with van der Waals surface area (Å²) in [6.07, 6.45) is 4.43. The Kier molecular flexibility index (Phi) is 3.57.